The number of rotatable bonds is 5. The molecular weight excluding hydrogens is 412 g/mol. The number of nitro groups is 1. The van der Waals surface area contributed by atoms with Crippen LogP contribution < -0.4 is 9.80 Å². The van der Waals surface area contributed by atoms with Crippen LogP contribution in [0.1, 0.15) is 23.0 Å². The molecule has 0 unspecified atom stereocenters. The number of nitrogens with zero attached hydrogens (tertiary/aromatic N) is 4. The van der Waals surface area contributed by atoms with Gasteiger partial charge in [0.05, 0.1) is 10.6 Å². The van der Waals surface area contributed by atoms with Crippen LogP contribution in [0.25, 0.3) is 5.69 Å². The van der Waals surface area contributed by atoms with Gasteiger partial charge in [0.25, 0.3) is 5.69 Å². The van der Waals surface area contributed by atoms with Crippen molar-refractivity contribution in [2.75, 3.05) is 22.9 Å². The molecule has 6 nitrogen and oxygen atoms in total. The number of aryl methyl sites for hydroxylation is 2. The molecule has 166 valence electrons. The topological polar surface area (TPSA) is 54.5 Å². The maximum absolute atomic E-state index is 11.1. The summed E-state index contributed by atoms with van der Waals surface area (Å²) in [5, 5.41) is 11.1. The van der Waals surface area contributed by atoms with Crippen molar-refractivity contribution < 1.29 is 4.92 Å². The average molecular weight is 439 g/mol. The van der Waals surface area contributed by atoms with Gasteiger partial charge in [0.1, 0.15) is 6.17 Å². The van der Waals surface area contributed by atoms with Crippen LogP contribution in [0.15, 0.2) is 91.1 Å². The number of hydrogen-bond acceptors (Lipinski definition) is 4. The fourth-order valence-electron chi connectivity index (χ4n) is 4.54. The Morgan fingerprint density at radius 3 is 1.70 bits per heavy atom. The lowest BCUT2D eigenvalue weighted by atomic mass is 10.1. The van der Waals surface area contributed by atoms with E-state index in [2.05, 4.69) is 82.8 Å². The number of anilines is 2. The lowest BCUT2D eigenvalue weighted by Gasteiger charge is -2.34. The molecule has 0 atom stereocenters. The van der Waals surface area contributed by atoms with Gasteiger partial charge in [0.2, 0.25) is 0 Å². The summed E-state index contributed by atoms with van der Waals surface area (Å²) in [7, 11) is 0. The first-order chi connectivity index (χ1) is 16.0. The zero-order valence-electron chi connectivity index (χ0n) is 18.8. The van der Waals surface area contributed by atoms with Crippen LogP contribution >= 0.6 is 0 Å². The summed E-state index contributed by atoms with van der Waals surface area (Å²) in [6.45, 7) is 5.99. The highest BCUT2D eigenvalue weighted by Crippen LogP contribution is 2.39. The van der Waals surface area contributed by atoms with E-state index < -0.39 is 0 Å². The van der Waals surface area contributed by atoms with E-state index in [-0.39, 0.29) is 16.8 Å². The molecule has 0 spiro atoms. The summed E-state index contributed by atoms with van der Waals surface area (Å²) in [5.41, 5.74) is 6.94. The molecule has 3 aromatic carbocycles. The van der Waals surface area contributed by atoms with Crippen LogP contribution in [-0.2, 0) is 0 Å². The van der Waals surface area contributed by atoms with E-state index in [4.69, 9.17) is 0 Å². The van der Waals surface area contributed by atoms with Gasteiger partial charge < -0.3 is 14.4 Å². The first-order valence-corrected chi connectivity index (χ1v) is 11.1. The molecule has 0 bridgehead atoms. The molecule has 5 rings (SSSR count). The molecule has 0 N–H and O–H groups in total. The van der Waals surface area contributed by atoms with Crippen LogP contribution in [0, 0.1) is 24.0 Å². The van der Waals surface area contributed by atoms with Gasteiger partial charge in [-0.25, -0.2) is 0 Å². The lowest BCUT2D eigenvalue weighted by Crippen LogP contribution is -2.32. The third-order valence-electron chi connectivity index (χ3n) is 6.29. The Morgan fingerprint density at radius 2 is 1.21 bits per heavy atom. The maximum Gasteiger partial charge on any atom is 0.269 e. The first kappa shape index (κ1) is 20.8. The molecule has 33 heavy (non-hydrogen) atoms. The van der Waals surface area contributed by atoms with Crippen LogP contribution in [0.2, 0.25) is 0 Å². The van der Waals surface area contributed by atoms with Gasteiger partial charge in [-0.3, -0.25) is 10.1 Å². The van der Waals surface area contributed by atoms with E-state index in [0.717, 1.165) is 24.5 Å². The summed E-state index contributed by atoms with van der Waals surface area (Å²) in [6, 6.07) is 28.2. The summed E-state index contributed by atoms with van der Waals surface area (Å²) < 4.78 is 2.13. The molecule has 1 saturated heterocycles. The second-order valence-electron chi connectivity index (χ2n) is 8.51. The van der Waals surface area contributed by atoms with Crippen LogP contribution in [0.3, 0.4) is 0 Å². The van der Waals surface area contributed by atoms with E-state index in [1.165, 1.54) is 22.5 Å². The number of benzene rings is 3. The van der Waals surface area contributed by atoms with Crippen LogP contribution in [0.4, 0.5) is 17.1 Å². The molecular formula is C27H26N4O2. The van der Waals surface area contributed by atoms with Gasteiger partial charge >= 0.3 is 0 Å². The Labute approximate surface area is 193 Å². The Morgan fingerprint density at radius 1 is 0.727 bits per heavy atom. The minimum absolute atomic E-state index is 0.0133. The van der Waals surface area contributed by atoms with Crippen molar-refractivity contribution >= 4 is 17.1 Å². The summed E-state index contributed by atoms with van der Waals surface area (Å²) >= 11 is 0. The van der Waals surface area contributed by atoms with E-state index in [1.807, 2.05) is 24.4 Å². The van der Waals surface area contributed by atoms with Crippen molar-refractivity contribution in [3.63, 3.8) is 0 Å². The lowest BCUT2D eigenvalue weighted by molar-refractivity contribution is -0.384. The van der Waals surface area contributed by atoms with Gasteiger partial charge in [-0.2, -0.15) is 0 Å². The minimum atomic E-state index is -0.366. The van der Waals surface area contributed by atoms with Crippen molar-refractivity contribution in [1.82, 2.24) is 4.57 Å². The summed E-state index contributed by atoms with van der Waals surface area (Å²) in [4.78, 5) is 15.6. The number of nitro benzene ring substituents is 1. The van der Waals surface area contributed by atoms with Crippen molar-refractivity contribution in [1.29, 1.82) is 0 Å². The zero-order valence-corrected chi connectivity index (χ0v) is 18.8. The van der Waals surface area contributed by atoms with Crippen molar-refractivity contribution in [3.8, 4) is 5.69 Å². The molecule has 0 saturated carbocycles. The highest BCUT2D eigenvalue weighted by Gasteiger charge is 2.35. The predicted molar refractivity (Wildman–Crippen MR) is 132 cm³/mol. The summed E-state index contributed by atoms with van der Waals surface area (Å²) in [5.74, 6) is 0. The molecule has 1 aliphatic rings. The fourth-order valence-corrected chi connectivity index (χ4v) is 4.54. The highest BCUT2D eigenvalue weighted by atomic mass is 16.6. The van der Waals surface area contributed by atoms with Crippen molar-refractivity contribution in [3.05, 3.63) is 118 Å². The second kappa shape index (κ2) is 8.47. The highest BCUT2D eigenvalue weighted by molar-refractivity contribution is 5.60. The molecule has 0 aliphatic carbocycles. The third kappa shape index (κ3) is 3.96. The van der Waals surface area contributed by atoms with Crippen molar-refractivity contribution in [2.24, 2.45) is 0 Å². The smallest absolute Gasteiger partial charge is 0.269 e. The van der Waals surface area contributed by atoms with Gasteiger partial charge in [-0.1, -0.05) is 35.4 Å². The second-order valence-corrected chi connectivity index (χ2v) is 8.51. The van der Waals surface area contributed by atoms with Crippen LogP contribution in [0.5, 0.6) is 0 Å². The predicted octanol–water partition coefficient (Wildman–Crippen LogP) is 6.03. The minimum Gasteiger partial charge on any atom is -0.344 e. The van der Waals surface area contributed by atoms with Gasteiger partial charge in [0, 0.05) is 48.5 Å². The normalized spacial score (nSPS) is 14.1. The molecule has 0 radical (unpaired) electrons. The van der Waals surface area contributed by atoms with E-state index in [9.17, 15) is 10.1 Å². The van der Waals surface area contributed by atoms with E-state index >= 15 is 0 Å². The maximum atomic E-state index is 11.1. The number of non-ortho nitro benzene ring substituents is 1. The Balaban J connectivity index is 1.59. The van der Waals surface area contributed by atoms with E-state index in [1.54, 1.807) is 12.1 Å². The van der Waals surface area contributed by atoms with Crippen molar-refractivity contribution in [2.45, 2.75) is 20.0 Å². The quantitative estimate of drug-likeness (QED) is 0.282. The molecule has 0 amide bonds. The SMILES string of the molecule is Cc1ccc(N2CCN(c3ccc(C)cc3)C2c2cccn2-c2ccc([N+](=O)[O-])cc2)cc1. The average Bonchev–Trinajstić information content (AvgIpc) is 3.47. The van der Waals surface area contributed by atoms with Gasteiger partial charge in [0.15, 0.2) is 0 Å². The van der Waals surface area contributed by atoms with Crippen LogP contribution in [-0.4, -0.2) is 22.6 Å². The largest absolute Gasteiger partial charge is 0.344 e. The van der Waals surface area contributed by atoms with Gasteiger partial charge in [-0.15, -0.1) is 0 Å². The van der Waals surface area contributed by atoms with E-state index in [0.29, 0.717) is 0 Å². The Bertz CT molecular complexity index is 1210. The number of hydrogen-bond donors (Lipinski definition) is 0. The molecule has 2 heterocycles. The van der Waals surface area contributed by atoms with Gasteiger partial charge in [-0.05, 0) is 62.4 Å². The monoisotopic (exact) mass is 438 g/mol. The molecule has 1 aromatic heterocycles. The molecule has 4 aromatic rings. The Hall–Kier alpha value is -4.06. The molecule has 6 heteroatoms. The third-order valence-corrected chi connectivity index (χ3v) is 6.29. The fraction of sp³-hybridized carbons (Fsp3) is 0.185. The standard InChI is InChI=1S/C27H26N4O2/c1-20-5-9-23(10-6-20)29-18-19-30(24-11-7-21(2)8-12-24)27(29)26-4-3-17-28(26)22-13-15-25(16-14-22)31(32)33/h3-17,27H,18-19H2,1-2H3. The Kier molecular flexibility index (Phi) is 5.34. The zero-order chi connectivity index (χ0) is 22.9. The molecule has 1 aliphatic heterocycles. The number of aromatic nitrogens is 1. The molecule has 1 fully saturated rings. The summed E-state index contributed by atoms with van der Waals surface area (Å²) in [6.07, 6.45) is 2.01. The first-order valence-electron chi connectivity index (χ1n) is 11.1.